The lowest BCUT2D eigenvalue weighted by atomic mass is 9.58. The highest BCUT2D eigenvalue weighted by Crippen LogP contribution is 2.56. The minimum Gasteiger partial charge on any atom is -0.508 e. The second kappa shape index (κ2) is 5.43. The van der Waals surface area contributed by atoms with Crippen LogP contribution in [0.15, 0.2) is 36.1 Å². The Morgan fingerprint density at radius 3 is 3.00 bits per heavy atom. The van der Waals surface area contributed by atoms with Gasteiger partial charge in [-0.05, 0) is 49.7 Å². The lowest BCUT2D eigenvalue weighted by Crippen LogP contribution is -2.46. The number of hydrogen-bond acceptors (Lipinski definition) is 2. The standard InChI is InChI=1S/C18H23FO2/c1-18-11-16(19)14-8-4-6-12(20)5-2-3-7-13(14)15(18)9-10-17(18)21/h2,4-6,8,13-16,20H,3,7,9-11H2,1H3/b5-2+,8-4+,12-6+/t13?,14?,15?,16-,18-/m0/s1. The first-order valence-corrected chi connectivity index (χ1v) is 7.94. The SMILES string of the molecule is C[C@]12C[C@H](F)C3/C=C/C=C(O)\C=C\CCC3C1CCC2=O. The average molecular weight is 290 g/mol. The van der Waals surface area contributed by atoms with E-state index in [2.05, 4.69) is 0 Å². The van der Waals surface area contributed by atoms with Gasteiger partial charge in [-0.25, -0.2) is 4.39 Å². The van der Waals surface area contributed by atoms with Crippen LogP contribution in [-0.4, -0.2) is 17.1 Å². The molecule has 0 aliphatic heterocycles. The minimum atomic E-state index is -0.964. The van der Waals surface area contributed by atoms with Gasteiger partial charge in [0, 0.05) is 17.8 Å². The topological polar surface area (TPSA) is 37.3 Å². The number of Topliss-reactive ketones (excluding diaryl/α,β-unsaturated/α-hetero) is 1. The fourth-order valence-corrected chi connectivity index (χ4v) is 4.61. The van der Waals surface area contributed by atoms with Crippen LogP contribution >= 0.6 is 0 Å². The van der Waals surface area contributed by atoms with E-state index in [9.17, 15) is 14.3 Å². The van der Waals surface area contributed by atoms with Gasteiger partial charge in [0.05, 0.1) is 0 Å². The van der Waals surface area contributed by atoms with E-state index in [1.807, 2.05) is 19.1 Å². The van der Waals surface area contributed by atoms with Crippen LogP contribution in [-0.2, 0) is 4.79 Å². The average Bonchev–Trinajstić information content (AvgIpc) is 2.73. The van der Waals surface area contributed by atoms with Crippen molar-refractivity contribution in [3.63, 3.8) is 0 Å². The lowest BCUT2D eigenvalue weighted by Gasteiger charge is -2.46. The Hall–Kier alpha value is -1.38. The molecule has 0 aromatic rings. The van der Waals surface area contributed by atoms with Gasteiger partial charge < -0.3 is 5.11 Å². The third-order valence-electron chi connectivity index (χ3n) is 5.74. The monoisotopic (exact) mass is 290 g/mol. The summed E-state index contributed by atoms with van der Waals surface area (Å²) in [4.78, 5) is 12.2. The highest BCUT2D eigenvalue weighted by Gasteiger charge is 2.56. The fraction of sp³-hybridized carbons (Fsp3) is 0.611. The zero-order valence-electron chi connectivity index (χ0n) is 12.5. The summed E-state index contributed by atoms with van der Waals surface area (Å²) in [7, 11) is 0. The van der Waals surface area contributed by atoms with E-state index in [0.717, 1.165) is 19.3 Å². The number of rotatable bonds is 0. The molecule has 0 spiro atoms. The number of halogens is 1. The normalized spacial score (nSPS) is 48.7. The van der Waals surface area contributed by atoms with Crippen molar-refractivity contribution in [2.75, 3.05) is 0 Å². The summed E-state index contributed by atoms with van der Waals surface area (Å²) >= 11 is 0. The Morgan fingerprint density at radius 1 is 1.38 bits per heavy atom. The van der Waals surface area contributed by atoms with Crippen LogP contribution < -0.4 is 0 Å². The van der Waals surface area contributed by atoms with Crippen molar-refractivity contribution < 1.29 is 14.3 Å². The summed E-state index contributed by atoms with van der Waals surface area (Å²) in [5.74, 6) is 0.848. The molecule has 3 aliphatic rings. The van der Waals surface area contributed by atoms with Gasteiger partial charge >= 0.3 is 0 Å². The summed E-state index contributed by atoms with van der Waals surface area (Å²) in [6.45, 7) is 1.97. The Balaban J connectivity index is 1.94. The molecule has 1 N–H and O–H groups in total. The maximum atomic E-state index is 14.7. The van der Waals surface area contributed by atoms with Crippen LogP contribution in [0.2, 0.25) is 0 Å². The smallest absolute Gasteiger partial charge is 0.139 e. The molecule has 5 atom stereocenters. The van der Waals surface area contributed by atoms with E-state index in [1.54, 1.807) is 18.2 Å². The number of alkyl halides is 1. The maximum absolute atomic E-state index is 14.7. The van der Waals surface area contributed by atoms with Gasteiger partial charge in [-0.15, -0.1) is 0 Å². The van der Waals surface area contributed by atoms with Crippen LogP contribution in [0, 0.1) is 23.2 Å². The number of aliphatic hydroxyl groups is 1. The van der Waals surface area contributed by atoms with Crippen molar-refractivity contribution in [2.24, 2.45) is 23.2 Å². The molecule has 0 aromatic carbocycles. The van der Waals surface area contributed by atoms with Crippen molar-refractivity contribution in [1.82, 2.24) is 0 Å². The molecule has 2 saturated carbocycles. The molecule has 3 unspecified atom stereocenters. The molecule has 3 aliphatic carbocycles. The highest BCUT2D eigenvalue weighted by atomic mass is 19.1. The van der Waals surface area contributed by atoms with Crippen LogP contribution in [0.25, 0.3) is 0 Å². The van der Waals surface area contributed by atoms with Gasteiger partial charge in [-0.1, -0.05) is 25.2 Å². The first kappa shape index (κ1) is 14.6. The minimum absolute atomic E-state index is 0.135. The number of carbonyl (C=O) groups is 1. The predicted octanol–water partition coefficient (Wildman–Crippen LogP) is 4.29. The van der Waals surface area contributed by atoms with Crippen molar-refractivity contribution in [3.8, 4) is 0 Å². The molecule has 2 nitrogen and oxygen atoms in total. The molecule has 3 rings (SSSR count). The number of aliphatic hydroxyl groups excluding tert-OH is 1. The van der Waals surface area contributed by atoms with E-state index in [1.165, 1.54) is 0 Å². The summed E-state index contributed by atoms with van der Waals surface area (Å²) in [6.07, 6.45) is 11.5. The molecular weight excluding hydrogens is 267 g/mol. The van der Waals surface area contributed by atoms with Crippen molar-refractivity contribution in [3.05, 3.63) is 36.1 Å². The van der Waals surface area contributed by atoms with Gasteiger partial charge in [-0.3, -0.25) is 4.79 Å². The molecule has 2 fully saturated rings. The zero-order valence-corrected chi connectivity index (χ0v) is 12.5. The predicted molar refractivity (Wildman–Crippen MR) is 80.6 cm³/mol. The summed E-state index contributed by atoms with van der Waals surface area (Å²) < 4.78 is 14.7. The van der Waals surface area contributed by atoms with E-state index in [0.29, 0.717) is 18.8 Å². The number of carbonyl (C=O) groups excluding carboxylic acids is 1. The second-order valence-electron chi connectivity index (χ2n) is 6.90. The third-order valence-corrected chi connectivity index (χ3v) is 5.74. The maximum Gasteiger partial charge on any atom is 0.139 e. The quantitative estimate of drug-likeness (QED) is 0.722. The van der Waals surface area contributed by atoms with Gasteiger partial charge in [-0.2, -0.15) is 0 Å². The first-order valence-electron chi connectivity index (χ1n) is 7.94. The van der Waals surface area contributed by atoms with Crippen LogP contribution in [0.3, 0.4) is 0 Å². The molecular formula is C18H23FO2. The van der Waals surface area contributed by atoms with E-state index in [-0.39, 0.29) is 23.4 Å². The third kappa shape index (κ3) is 2.47. The number of ketones is 1. The molecule has 0 heterocycles. The summed E-state index contributed by atoms with van der Waals surface area (Å²) in [5, 5.41) is 9.60. The molecule has 0 bridgehead atoms. The first-order chi connectivity index (χ1) is 10.0. The highest BCUT2D eigenvalue weighted by molar-refractivity contribution is 5.87. The van der Waals surface area contributed by atoms with Crippen LogP contribution in [0.5, 0.6) is 0 Å². The summed E-state index contributed by atoms with van der Waals surface area (Å²) in [6, 6.07) is 0. The number of hydrogen-bond donors (Lipinski definition) is 1. The van der Waals surface area contributed by atoms with Crippen LogP contribution in [0.1, 0.15) is 39.0 Å². The fourth-order valence-electron chi connectivity index (χ4n) is 4.61. The van der Waals surface area contributed by atoms with Gasteiger partial charge in [0.1, 0.15) is 17.7 Å². The molecule has 0 aromatic heterocycles. The largest absolute Gasteiger partial charge is 0.508 e. The van der Waals surface area contributed by atoms with Crippen molar-refractivity contribution >= 4 is 5.78 Å². The Kier molecular flexibility index (Phi) is 3.76. The Labute approximate surface area is 125 Å². The van der Waals surface area contributed by atoms with Gasteiger partial charge in [0.25, 0.3) is 0 Å². The Morgan fingerprint density at radius 2 is 2.19 bits per heavy atom. The van der Waals surface area contributed by atoms with E-state index >= 15 is 0 Å². The molecule has 0 saturated heterocycles. The van der Waals surface area contributed by atoms with E-state index in [4.69, 9.17) is 0 Å². The van der Waals surface area contributed by atoms with Crippen molar-refractivity contribution in [2.45, 2.75) is 45.2 Å². The molecule has 0 radical (unpaired) electrons. The Bertz CT molecular complexity index is 519. The number of fused-ring (bicyclic) bond motifs is 3. The van der Waals surface area contributed by atoms with E-state index < -0.39 is 11.6 Å². The second-order valence-corrected chi connectivity index (χ2v) is 6.90. The van der Waals surface area contributed by atoms with Crippen LogP contribution in [0.4, 0.5) is 4.39 Å². The van der Waals surface area contributed by atoms with Gasteiger partial charge in [0.2, 0.25) is 0 Å². The van der Waals surface area contributed by atoms with Gasteiger partial charge in [0.15, 0.2) is 0 Å². The molecule has 114 valence electrons. The van der Waals surface area contributed by atoms with Crippen molar-refractivity contribution in [1.29, 1.82) is 0 Å². The lowest BCUT2D eigenvalue weighted by molar-refractivity contribution is -0.132. The molecule has 21 heavy (non-hydrogen) atoms. The molecule has 3 heteroatoms. The summed E-state index contributed by atoms with van der Waals surface area (Å²) in [5.41, 5.74) is -0.458. The molecule has 0 amide bonds. The number of allylic oxidation sites excluding steroid dienone is 5. The zero-order chi connectivity index (χ0) is 15.0.